The molecule has 0 atom stereocenters. The van der Waals surface area contributed by atoms with Crippen LogP contribution in [0.2, 0.25) is 0 Å². The van der Waals surface area contributed by atoms with E-state index in [0.29, 0.717) is 17.2 Å². The van der Waals surface area contributed by atoms with Gasteiger partial charge in [-0.25, -0.2) is 4.39 Å². The van der Waals surface area contributed by atoms with Crippen molar-refractivity contribution in [1.82, 2.24) is 10.2 Å². The molecular weight excluding hydrogens is 445 g/mol. The summed E-state index contributed by atoms with van der Waals surface area (Å²) in [5.74, 6) is 1.50. The van der Waals surface area contributed by atoms with Gasteiger partial charge in [-0.3, -0.25) is 4.79 Å². The van der Waals surface area contributed by atoms with Crippen molar-refractivity contribution in [2.24, 2.45) is 5.92 Å². The van der Waals surface area contributed by atoms with Crippen LogP contribution in [0, 0.1) is 23.1 Å². The zero-order valence-electron chi connectivity index (χ0n) is 20.3. The molecule has 2 aromatic carbocycles. The Balaban J connectivity index is 1.13. The Labute approximate surface area is 207 Å². The number of amides is 1. The molecule has 0 spiro atoms. The van der Waals surface area contributed by atoms with Crippen LogP contribution in [0.25, 0.3) is 0 Å². The SMILES string of the molecule is COc1ccc(C(=O)NC2CCC(CCN3CCC(Oc4ccc(F)cc4C#N)CC3)CC2)cc1. The molecular formula is C28H34FN3O3. The lowest BCUT2D eigenvalue weighted by Crippen LogP contribution is -2.40. The van der Waals surface area contributed by atoms with E-state index in [4.69, 9.17) is 9.47 Å². The van der Waals surface area contributed by atoms with Crippen molar-refractivity contribution in [2.45, 2.75) is 57.1 Å². The van der Waals surface area contributed by atoms with E-state index >= 15 is 0 Å². The minimum atomic E-state index is -0.419. The molecule has 1 aliphatic heterocycles. The molecule has 2 aliphatic rings. The summed E-state index contributed by atoms with van der Waals surface area (Å²) in [6.07, 6.45) is 7.42. The summed E-state index contributed by atoms with van der Waals surface area (Å²) >= 11 is 0. The van der Waals surface area contributed by atoms with E-state index in [2.05, 4.69) is 10.2 Å². The number of carbonyl (C=O) groups excluding carboxylic acids is 1. The number of hydrogen-bond donors (Lipinski definition) is 1. The largest absolute Gasteiger partial charge is 0.497 e. The summed E-state index contributed by atoms with van der Waals surface area (Å²) in [6, 6.07) is 13.6. The Morgan fingerprint density at radius 2 is 1.80 bits per heavy atom. The minimum Gasteiger partial charge on any atom is -0.497 e. The van der Waals surface area contributed by atoms with E-state index in [0.717, 1.165) is 63.9 Å². The molecule has 1 heterocycles. The molecule has 1 aliphatic carbocycles. The molecule has 4 rings (SSSR count). The molecule has 1 saturated heterocycles. The minimum absolute atomic E-state index is 0.0104. The van der Waals surface area contributed by atoms with E-state index < -0.39 is 5.82 Å². The maximum atomic E-state index is 13.3. The summed E-state index contributed by atoms with van der Waals surface area (Å²) in [5.41, 5.74) is 0.923. The Morgan fingerprint density at radius 3 is 2.46 bits per heavy atom. The molecule has 1 amide bonds. The monoisotopic (exact) mass is 479 g/mol. The van der Waals surface area contributed by atoms with Crippen molar-refractivity contribution in [3.8, 4) is 17.6 Å². The Kier molecular flexibility index (Phi) is 8.59. The number of nitriles is 1. The standard InChI is InChI=1S/C28H34FN3O3/c1-34-25-9-4-21(5-10-25)28(33)31-24-7-2-20(3-8-24)12-15-32-16-13-26(14-17-32)35-27-11-6-23(29)18-22(27)19-30/h4-6,9-11,18,20,24,26H,2-3,7-8,12-17H2,1H3,(H,31,33). The first-order valence-corrected chi connectivity index (χ1v) is 12.6. The third-order valence-corrected chi connectivity index (χ3v) is 7.28. The average Bonchev–Trinajstić information content (AvgIpc) is 2.90. The van der Waals surface area contributed by atoms with Crippen molar-refractivity contribution >= 4 is 5.91 Å². The molecule has 35 heavy (non-hydrogen) atoms. The summed E-state index contributed by atoms with van der Waals surface area (Å²) < 4.78 is 24.5. The van der Waals surface area contributed by atoms with Crippen LogP contribution >= 0.6 is 0 Å². The number of benzene rings is 2. The van der Waals surface area contributed by atoms with Gasteiger partial charge in [0.15, 0.2) is 0 Å². The molecule has 2 aromatic rings. The highest BCUT2D eigenvalue weighted by molar-refractivity contribution is 5.94. The summed E-state index contributed by atoms with van der Waals surface area (Å²) in [4.78, 5) is 15.0. The molecule has 2 fully saturated rings. The van der Waals surface area contributed by atoms with E-state index in [1.807, 2.05) is 18.2 Å². The first-order chi connectivity index (χ1) is 17.0. The van der Waals surface area contributed by atoms with Crippen LogP contribution in [0.15, 0.2) is 42.5 Å². The quantitative estimate of drug-likeness (QED) is 0.581. The zero-order valence-corrected chi connectivity index (χ0v) is 20.3. The summed E-state index contributed by atoms with van der Waals surface area (Å²) in [7, 11) is 1.62. The van der Waals surface area contributed by atoms with E-state index in [-0.39, 0.29) is 23.6 Å². The van der Waals surface area contributed by atoms with Gasteiger partial charge in [-0.05, 0) is 99.9 Å². The van der Waals surface area contributed by atoms with Gasteiger partial charge in [0, 0.05) is 24.7 Å². The highest BCUT2D eigenvalue weighted by Gasteiger charge is 2.25. The molecule has 0 aromatic heterocycles. The Bertz CT molecular complexity index is 1020. The van der Waals surface area contributed by atoms with Gasteiger partial charge in [0.25, 0.3) is 5.91 Å². The van der Waals surface area contributed by atoms with Gasteiger partial charge in [0.2, 0.25) is 0 Å². The number of likely N-dealkylation sites (tertiary alicyclic amines) is 1. The van der Waals surface area contributed by atoms with Gasteiger partial charge < -0.3 is 19.7 Å². The zero-order chi connectivity index (χ0) is 24.6. The van der Waals surface area contributed by atoms with Gasteiger partial charge >= 0.3 is 0 Å². The van der Waals surface area contributed by atoms with Gasteiger partial charge in [-0.1, -0.05) is 0 Å². The summed E-state index contributed by atoms with van der Waals surface area (Å²) in [6.45, 7) is 3.03. The predicted molar refractivity (Wildman–Crippen MR) is 132 cm³/mol. The Hall–Kier alpha value is -3.11. The third-order valence-electron chi connectivity index (χ3n) is 7.28. The number of methoxy groups -OCH3 is 1. The molecule has 1 N–H and O–H groups in total. The summed E-state index contributed by atoms with van der Waals surface area (Å²) in [5, 5.41) is 12.4. The first kappa shape index (κ1) is 25.0. The molecule has 0 radical (unpaired) electrons. The molecule has 186 valence electrons. The fourth-order valence-electron chi connectivity index (χ4n) is 5.09. The van der Waals surface area contributed by atoms with Crippen molar-refractivity contribution in [3.63, 3.8) is 0 Å². The van der Waals surface area contributed by atoms with E-state index in [1.54, 1.807) is 25.3 Å². The second kappa shape index (κ2) is 12.0. The number of ether oxygens (including phenoxy) is 2. The second-order valence-corrected chi connectivity index (χ2v) is 9.62. The number of hydrogen-bond acceptors (Lipinski definition) is 5. The number of carbonyl (C=O) groups is 1. The number of piperidine rings is 1. The van der Waals surface area contributed by atoms with Crippen molar-refractivity contribution in [1.29, 1.82) is 5.26 Å². The van der Waals surface area contributed by atoms with Gasteiger partial charge in [0.05, 0.1) is 12.7 Å². The number of halogens is 1. The number of nitrogens with zero attached hydrogens (tertiary/aromatic N) is 2. The van der Waals surface area contributed by atoms with Crippen molar-refractivity contribution in [2.75, 3.05) is 26.7 Å². The van der Waals surface area contributed by atoms with Gasteiger partial charge in [-0.15, -0.1) is 0 Å². The molecule has 7 heteroatoms. The van der Waals surface area contributed by atoms with E-state index in [9.17, 15) is 14.4 Å². The first-order valence-electron chi connectivity index (χ1n) is 12.6. The second-order valence-electron chi connectivity index (χ2n) is 9.62. The highest BCUT2D eigenvalue weighted by Crippen LogP contribution is 2.28. The van der Waals surface area contributed by atoms with Gasteiger partial charge in [0.1, 0.15) is 29.5 Å². The van der Waals surface area contributed by atoms with Crippen LogP contribution < -0.4 is 14.8 Å². The average molecular weight is 480 g/mol. The normalized spacial score (nSPS) is 21.2. The van der Waals surface area contributed by atoms with Crippen LogP contribution in [0.4, 0.5) is 4.39 Å². The Morgan fingerprint density at radius 1 is 1.09 bits per heavy atom. The lowest BCUT2D eigenvalue weighted by Gasteiger charge is -2.34. The topological polar surface area (TPSA) is 74.6 Å². The smallest absolute Gasteiger partial charge is 0.251 e. The maximum absolute atomic E-state index is 13.3. The maximum Gasteiger partial charge on any atom is 0.251 e. The fraction of sp³-hybridized carbons (Fsp3) is 0.500. The van der Waals surface area contributed by atoms with Gasteiger partial charge in [-0.2, -0.15) is 5.26 Å². The van der Waals surface area contributed by atoms with Crippen LogP contribution in [-0.4, -0.2) is 49.7 Å². The number of nitrogens with one attached hydrogen (secondary N) is 1. The third kappa shape index (κ3) is 6.95. The molecule has 0 unspecified atom stereocenters. The lowest BCUT2D eigenvalue weighted by molar-refractivity contribution is 0.0897. The van der Waals surface area contributed by atoms with Crippen LogP contribution in [0.5, 0.6) is 11.5 Å². The van der Waals surface area contributed by atoms with E-state index in [1.165, 1.54) is 18.6 Å². The highest BCUT2D eigenvalue weighted by atomic mass is 19.1. The van der Waals surface area contributed by atoms with Crippen LogP contribution in [-0.2, 0) is 0 Å². The van der Waals surface area contributed by atoms with Crippen molar-refractivity contribution in [3.05, 3.63) is 59.4 Å². The fourth-order valence-corrected chi connectivity index (χ4v) is 5.09. The lowest BCUT2D eigenvalue weighted by atomic mass is 9.84. The molecule has 1 saturated carbocycles. The molecule has 0 bridgehead atoms. The van der Waals surface area contributed by atoms with Crippen molar-refractivity contribution < 1.29 is 18.7 Å². The number of rotatable bonds is 8. The van der Waals surface area contributed by atoms with Crippen LogP contribution in [0.1, 0.15) is 60.9 Å². The molecule has 6 nitrogen and oxygen atoms in total. The predicted octanol–water partition coefficient (Wildman–Crippen LogP) is 4.93. The van der Waals surface area contributed by atoms with Crippen LogP contribution in [0.3, 0.4) is 0 Å².